The fourth-order valence-electron chi connectivity index (χ4n) is 1.86. The minimum atomic E-state index is 0.137. The summed E-state index contributed by atoms with van der Waals surface area (Å²) in [5.41, 5.74) is 2.45. The zero-order chi connectivity index (χ0) is 12.0. The van der Waals surface area contributed by atoms with Crippen LogP contribution in [-0.4, -0.2) is 7.11 Å². The maximum absolute atomic E-state index is 6.40. The highest BCUT2D eigenvalue weighted by Gasteiger charge is 2.10. The van der Waals surface area contributed by atoms with Gasteiger partial charge < -0.3 is 4.74 Å². The zero-order valence-electron chi connectivity index (χ0n) is 10.4. The lowest BCUT2D eigenvalue weighted by molar-refractivity contribution is 0.414. The average molecular weight is 241 g/mol. The van der Waals surface area contributed by atoms with E-state index in [1.54, 1.807) is 7.11 Å². The topological polar surface area (TPSA) is 9.23 Å². The van der Waals surface area contributed by atoms with Gasteiger partial charge in [0.05, 0.1) is 12.5 Å². The molecule has 1 aromatic rings. The molecule has 1 rings (SSSR count). The van der Waals surface area contributed by atoms with Crippen LogP contribution in [0.2, 0.25) is 0 Å². The van der Waals surface area contributed by atoms with Crippen molar-refractivity contribution in [3.05, 3.63) is 29.3 Å². The van der Waals surface area contributed by atoms with E-state index in [0.717, 1.165) is 12.2 Å². The Morgan fingerprint density at radius 2 is 2.06 bits per heavy atom. The van der Waals surface area contributed by atoms with Gasteiger partial charge in [0.2, 0.25) is 0 Å². The predicted octanol–water partition coefficient (Wildman–Crippen LogP) is 4.86. The number of rotatable bonds is 6. The van der Waals surface area contributed by atoms with Gasteiger partial charge in [0, 0.05) is 0 Å². The Morgan fingerprint density at radius 3 is 2.62 bits per heavy atom. The first-order valence-corrected chi connectivity index (χ1v) is 6.41. The summed E-state index contributed by atoms with van der Waals surface area (Å²) in [7, 11) is 1.69. The van der Waals surface area contributed by atoms with Crippen molar-refractivity contribution < 1.29 is 4.74 Å². The highest BCUT2D eigenvalue weighted by molar-refractivity contribution is 6.20. The molecule has 0 aliphatic rings. The van der Waals surface area contributed by atoms with E-state index in [0.29, 0.717) is 0 Å². The van der Waals surface area contributed by atoms with Crippen LogP contribution in [0.1, 0.15) is 49.1 Å². The summed E-state index contributed by atoms with van der Waals surface area (Å²) in [6.07, 6.45) is 4.77. The van der Waals surface area contributed by atoms with Crippen LogP contribution in [0.3, 0.4) is 0 Å². The van der Waals surface area contributed by atoms with Crippen LogP contribution in [0.5, 0.6) is 5.75 Å². The molecule has 0 aromatic heterocycles. The molecule has 0 saturated carbocycles. The number of benzene rings is 1. The van der Waals surface area contributed by atoms with Crippen molar-refractivity contribution >= 4 is 11.6 Å². The van der Waals surface area contributed by atoms with Gasteiger partial charge in [-0.15, -0.1) is 11.6 Å². The fourth-order valence-corrected chi connectivity index (χ4v) is 2.25. The molecule has 0 bridgehead atoms. The molecule has 1 aromatic carbocycles. The van der Waals surface area contributed by atoms with Crippen molar-refractivity contribution in [2.75, 3.05) is 7.11 Å². The average Bonchev–Trinajstić information content (AvgIpc) is 2.29. The molecule has 0 fully saturated rings. The number of halogens is 1. The van der Waals surface area contributed by atoms with Crippen LogP contribution in [0.15, 0.2) is 18.2 Å². The number of unbranched alkanes of at least 4 members (excludes halogenated alkanes) is 2. The molecule has 0 saturated heterocycles. The third kappa shape index (κ3) is 3.71. The van der Waals surface area contributed by atoms with Gasteiger partial charge in [0.25, 0.3) is 0 Å². The van der Waals surface area contributed by atoms with Crippen LogP contribution in [0.4, 0.5) is 0 Å². The van der Waals surface area contributed by atoms with Crippen molar-refractivity contribution in [3.8, 4) is 5.75 Å². The number of ether oxygens (including phenoxy) is 1. The molecule has 0 heterocycles. The van der Waals surface area contributed by atoms with Crippen LogP contribution in [0.25, 0.3) is 0 Å². The van der Waals surface area contributed by atoms with Crippen molar-refractivity contribution in [2.24, 2.45) is 0 Å². The molecule has 0 N–H and O–H groups in total. The first-order valence-electron chi connectivity index (χ1n) is 5.97. The van der Waals surface area contributed by atoms with Crippen molar-refractivity contribution in [1.82, 2.24) is 0 Å². The summed E-state index contributed by atoms with van der Waals surface area (Å²) < 4.78 is 5.19. The molecule has 1 atom stereocenters. The molecular weight excluding hydrogens is 220 g/mol. The third-order valence-corrected chi connectivity index (χ3v) is 3.33. The molecule has 90 valence electrons. The second-order valence-electron chi connectivity index (χ2n) is 4.19. The quantitative estimate of drug-likeness (QED) is 0.510. The van der Waals surface area contributed by atoms with Crippen LogP contribution >= 0.6 is 11.6 Å². The van der Waals surface area contributed by atoms with Gasteiger partial charge in [-0.3, -0.25) is 0 Å². The number of hydrogen-bond acceptors (Lipinski definition) is 1. The van der Waals surface area contributed by atoms with Crippen LogP contribution < -0.4 is 4.74 Å². The first kappa shape index (κ1) is 13.4. The van der Waals surface area contributed by atoms with Crippen LogP contribution in [-0.2, 0) is 0 Å². The SMILES string of the molecule is CCCCCC(Cl)c1ccc(OC)cc1C. The van der Waals surface area contributed by atoms with E-state index in [9.17, 15) is 0 Å². The summed E-state index contributed by atoms with van der Waals surface area (Å²) in [5, 5.41) is 0.137. The largest absolute Gasteiger partial charge is 0.497 e. The molecule has 0 radical (unpaired) electrons. The summed E-state index contributed by atoms with van der Waals surface area (Å²) in [5.74, 6) is 0.902. The van der Waals surface area contributed by atoms with Gasteiger partial charge in [0.15, 0.2) is 0 Å². The van der Waals surface area contributed by atoms with E-state index in [-0.39, 0.29) is 5.38 Å². The Hall–Kier alpha value is -0.690. The minimum absolute atomic E-state index is 0.137. The Kier molecular flexibility index (Phi) is 5.68. The second-order valence-corrected chi connectivity index (χ2v) is 4.71. The molecule has 16 heavy (non-hydrogen) atoms. The molecule has 0 aliphatic carbocycles. The van der Waals surface area contributed by atoms with E-state index in [1.807, 2.05) is 12.1 Å². The first-order chi connectivity index (χ1) is 7.69. The standard InChI is InChI=1S/C14H21ClO/c1-4-5-6-7-14(15)13-9-8-12(16-3)10-11(13)2/h8-10,14H,4-7H2,1-3H3. The Balaban J connectivity index is 2.64. The molecule has 1 unspecified atom stereocenters. The van der Waals surface area contributed by atoms with Gasteiger partial charge in [-0.1, -0.05) is 32.3 Å². The Bertz CT molecular complexity index is 323. The Morgan fingerprint density at radius 1 is 1.31 bits per heavy atom. The van der Waals surface area contributed by atoms with E-state index in [4.69, 9.17) is 16.3 Å². The van der Waals surface area contributed by atoms with E-state index in [1.165, 1.54) is 30.4 Å². The lowest BCUT2D eigenvalue weighted by Gasteiger charge is -2.13. The normalized spacial score (nSPS) is 12.5. The maximum atomic E-state index is 6.40. The highest BCUT2D eigenvalue weighted by Crippen LogP contribution is 2.30. The smallest absolute Gasteiger partial charge is 0.119 e. The van der Waals surface area contributed by atoms with Crippen molar-refractivity contribution in [1.29, 1.82) is 0 Å². The van der Waals surface area contributed by atoms with E-state index in [2.05, 4.69) is 19.9 Å². The summed E-state index contributed by atoms with van der Waals surface area (Å²) in [6, 6.07) is 6.11. The van der Waals surface area contributed by atoms with Gasteiger partial charge in [-0.05, 0) is 36.6 Å². The molecule has 0 aliphatic heterocycles. The summed E-state index contributed by atoms with van der Waals surface area (Å²) in [4.78, 5) is 0. The van der Waals surface area contributed by atoms with E-state index < -0.39 is 0 Å². The number of methoxy groups -OCH3 is 1. The molecule has 2 heteroatoms. The lowest BCUT2D eigenvalue weighted by Crippen LogP contribution is -1.95. The van der Waals surface area contributed by atoms with Gasteiger partial charge in [0.1, 0.15) is 5.75 Å². The number of aryl methyl sites for hydroxylation is 1. The highest BCUT2D eigenvalue weighted by atomic mass is 35.5. The molecular formula is C14H21ClO. The maximum Gasteiger partial charge on any atom is 0.119 e. The monoisotopic (exact) mass is 240 g/mol. The third-order valence-electron chi connectivity index (χ3n) is 2.88. The van der Waals surface area contributed by atoms with Gasteiger partial charge in [-0.2, -0.15) is 0 Å². The van der Waals surface area contributed by atoms with E-state index >= 15 is 0 Å². The molecule has 0 spiro atoms. The fraction of sp³-hybridized carbons (Fsp3) is 0.571. The number of alkyl halides is 1. The second kappa shape index (κ2) is 6.80. The molecule has 0 amide bonds. The molecule has 1 nitrogen and oxygen atoms in total. The summed E-state index contributed by atoms with van der Waals surface area (Å²) >= 11 is 6.40. The Labute approximate surface area is 104 Å². The van der Waals surface area contributed by atoms with Crippen LogP contribution in [0, 0.1) is 6.92 Å². The van der Waals surface area contributed by atoms with Gasteiger partial charge in [-0.25, -0.2) is 0 Å². The number of hydrogen-bond donors (Lipinski definition) is 0. The van der Waals surface area contributed by atoms with Crippen molar-refractivity contribution in [2.45, 2.75) is 44.9 Å². The zero-order valence-corrected chi connectivity index (χ0v) is 11.2. The summed E-state index contributed by atoms with van der Waals surface area (Å²) in [6.45, 7) is 4.30. The predicted molar refractivity (Wildman–Crippen MR) is 70.5 cm³/mol. The van der Waals surface area contributed by atoms with Gasteiger partial charge >= 0.3 is 0 Å². The van der Waals surface area contributed by atoms with Crippen molar-refractivity contribution in [3.63, 3.8) is 0 Å². The lowest BCUT2D eigenvalue weighted by atomic mass is 10.0. The minimum Gasteiger partial charge on any atom is -0.497 e.